The zero-order valence-corrected chi connectivity index (χ0v) is 11.6. The molecule has 0 spiro atoms. The van der Waals surface area contributed by atoms with Gasteiger partial charge in [0.2, 0.25) is 0 Å². The fourth-order valence-electron chi connectivity index (χ4n) is 0.694. The Morgan fingerprint density at radius 2 is 1.65 bits per heavy atom. The number of carboxylic acids is 1. The van der Waals surface area contributed by atoms with E-state index in [1.165, 1.54) is 6.92 Å². The molecule has 0 radical (unpaired) electrons. The molecule has 0 fully saturated rings. The standard InChI is InChI=1S/C10H14O6.Gd/c1-7(2)10(14)16-6-5-15-9(13)4-3-8(11)12;/h1,3-6H2,2H3,(H,11,12);. The van der Waals surface area contributed by atoms with Crippen LogP contribution in [0.5, 0.6) is 0 Å². The molecule has 7 heteroatoms. The van der Waals surface area contributed by atoms with Crippen LogP contribution in [0.2, 0.25) is 0 Å². The summed E-state index contributed by atoms with van der Waals surface area (Å²) in [4.78, 5) is 31.9. The molecule has 0 aromatic carbocycles. The molecule has 1 N–H and O–H groups in total. The van der Waals surface area contributed by atoms with Crippen LogP contribution in [-0.2, 0) is 23.9 Å². The van der Waals surface area contributed by atoms with Gasteiger partial charge in [0.1, 0.15) is 13.2 Å². The Kier molecular flexibility index (Phi) is 11.8. The van der Waals surface area contributed by atoms with Crippen molar-refractivity contribution in [3.63, 3.8) is 0 Å². The predicted molar refractivity (Wildman–Crippen MR) is 53.6 cm³/mol. The molecule has 0 bridgehead atoms. The van der Waals surface area contributed by atoms with E-state index in [9.17, 15) is 14.4 Å². The van der Waals surface area contributed by atoms with Crippen LogP contribution >= 0.6 is 0 Å². The maximum absolute atomic E-state index is 10.9. The third kappa shape index (κ3) is 11.7. The number of rotatable bonds is 7. The molecule has 0 unspecified atom stereocenters. The number of hydrogen-bond acceptors (Lipinski definition) is 5. The van der Waals surface area contributed by atoms with Gasteiger partial charge in [-0.3, -0.25) is 9.59 Å². The third-order valence-electron chi connectivity index (χ3n) is 1.47. The number of hydrogen-bond donors (Lipinski definition) is 1. The first-order valence-corrected chi connectivity index (χ1v) is 4.63. The fraction of sp³-hybridized carbons (Fsp3) is 0.500. The van der Waals surface area contributed by atoms with Crippen molar-refractivity contribution in [2.75, 3.05) is 13.2 Å². The van der Waals surface area contributed by atoms with Gasteiger partial charge in [0.15, 0.2) is 0 Å². The Morgan fingerprint density at radius 1 is 1.12 bits per heavy atom. The van der Waals surface area contributed by atoms with Gasteiger partial charge >= 0.3 is 17.9 Å². The van der Waals surface area contributed by atoms with Crippen LogP contribution in [0.15, 0.2) is 12.2 Å². The topological polar surface area (TPSA) is 89.9 Å². The quantitative estimate of drug-likeness (QED) is 0.389. The van der Waals surface area contributed by atoms with E-state index in [0.717, 1.165) is 0 Å². The summed E-state index contributed by atoms with van der Waals surface area (Å²) in [5, 5.41) is 8.28. The van der Waals surface area contributed by atoms with Crippen LogP contribution < -0.4 is 0 Å². The molecule has 6 nitrogen and oxygen atoms in total. The van der Waals surface area contributed by atoms with Gasteiger partial charge in [-0.15, -0.1) is 0 Å². The molecule has 0 aromatic heterocycles. The fourth-order valence-corrected chi connectivity index (χ4v) is 0.694. The molecular weight excluding hydrogens is 373 g/mol. The summed E-state index contributed by atoms with van der Waals surface area (Å²) < 4.78 is 9.26. The van der Waals surface area contributed by atoms with Crippen LogP contribution in [0.3, 0.4) is 0 Å². The van der Waals surface area contributed by atoms with Crippen molar-refractivity contribution in [3.8, 4) is 0 Å². The van der Waals surface area contributed by atoms with Gasteiger partial charge in [-0.05, 0) is 6.92 Å². The second kappa shape index (κ2) is 10.6. The van der Waals surface area contributed by atoms with Crippen molar-refractivity contribution in [3.05, 3.63) is 12.2 Å². The summed E-state index contributed by atoms with van der Waals surface area (Å²) in [5.74, 6) is -2.25. The molecule has 0 aliphatic carbocycles. The van der Waals surface area contributed by atoms with Crippen LogP contribution in [0.25, 0.3) is 0 Å². The zero-order chi connectivity index (χ0) is 12.6. The van der Waals surface area contributed by atoms with E-state index in [1.54, 1.807) is 0 Å². The summed E-state index contributed by atoms with van der Waals surface area (Å²) in [5.41, 5.74) is 0.261. The van der Waals surface area contributed by atoms with Crippen molar-refractivity contribution in [1.82, 2.24) is 0 Å². The van der Waals surface area contributed by atoms with Gasteiger partial charge in [0, 0.05) is 45.5 Å². The Bertz CT molecular complexity index is 299. The first-order valence-electron chi connectivity index (χ1n) is 4.63. The second-order valence-corrected chi connectivity index (χ2v) is 3.03. The largest absolute Gasteiger partial charge is 0.481 e. The van der Waals surface area contributed by atoms with Gasteiger partial charge in [-0.1, -0.05) is 6.58 Å². The zero-order valence-electron chi connectivity index (χ0n) is 9.38. The number of carbonyl (C=O) groups is 3. The maximum atomic E-state index is 10.9. The van der Waals surface area contributed by atoms with Crippen LogP contribution in [0, 0.1) is 39.9 Å². The van der Waals surface area contributed by atoms with Crippen LogP contribution in [-0.4, -0.2) is 36.2 Å². The Morgan fingerprint density at radius 3 is 2.12 bits per heavy atom. The van der Waals surface area contributed by atoms with Crippen molar-refractivity contribution in [2.24, 2.45) is 0 Å². The van der Waals surface area contributed by atoms with Crippen molar-refractivity contribution < 1.29 is 68.9 Å². The molecule has 17 heavy (non-hydrogen) atoms. The molecule has 0 heterocycles. The predicted octanol–water partition coefficient (Wildman–Crippen LogP) is 0.514. The molecule has 0 saturated heterocycles. The molecular formula is C10H14GdO6. The molecule has 0 saturated carbocycles. The molecule has 0 rings (SSSR count). The SMILES string of the molecule is C=C(C)C(=O)OCCOC(=O)CCC(=O)O.[Gd]. The van der Waals surface area contributed by atoms with Crippen LogP contribution in [0.1, 0.15) is 19.8 Å². The Labute approximate surface area is 131 Å². The van der Waals surface area contributed by atoms with Gasteiger partial charge in [0.25, 0.3) is 0 Å². The van der Waals surface area contributed by atoms with E-state index < -0.39 is 17.9 Å². The maximum Gasteiger partial charge on any atom is 0.333 e. The van der Waals surface area contributed by atoms with Gasteiger partial charge in [-0.2, -0.15) is 0 Å². The van der Waals surface area contributed by atoms with E-state index in [2.05, 4.69) is 16.1 Å². The van der Waals surface area contributed by atoms with E-state index in [1.807, 2.05) is 0 Å². The van der Waals surface area contributed by atoms with Crippen molar-refractivity contribution in [2.45, 2.75) is 19.8 Å². The van der Waals surface area contributed by atoms with E-state index in [-0.39, 0.29) is 71.6 Å². The molecule has 0 atom stereocenters. The Balaban J connectivity index is 0. The van der Waals surface area contributed by atoms with Crippen molar-refractivity contribution >= 4 is 17.9 Å². The van der Waals surface area contributed by atoms with E-state index in [4.69, 9.17) is 5.11 Å². The first kappa shape index (κ1) is 18.8. The summed E-state index contributed by atoms with van der Waals surface area (Å²) in [6, 6.07) is 0. The number of aliphatic carboxylic acids is 1. The molecule has 0 aromatic rings. The second-order valence-electron chi connectivity index (χ2n) is 3.03. The van der Waals surface area contributed by atoms with E-state index in [0.29, 0.717) is 0 Å². The minimum Gasteiger partial charge on any atom is -0.481 e. The molecule has 0 aliphatic rings. The number of esters is 2. The van der Waals surface area contributed by atoms with E-state index >= 15 is 0 Å². The van der Waals surface area contributed by atoms with Gasteiger partial charge in [-0.25, -0.2) is 4.79 Å². The van der Waals surface area contributed by atoms with Gasteiger partial charge < -0.3 is 14.6 Å². The number of carboxylic acid groups (broad SMARTS) is 1. The van der Waals surface area contributed by atoms with Crippen molar-refractivity contribution in [1.29, 1.82) is 0 Å². The number of carbonyl (C=O) groups excluding carboxylic acids is 2. The average molecular weight is 387 g/mol. The number of ether oxygens (including phenoxy) is 2. The normalized spacial score (nSPS) is 8.76. The monoisotopic (exact) mass is 388 g/mol. The van der Waals surface area contributed by atoms with Crippen LogP contribution in [0.4, 0.5) is 0 Å². The molecule has 0 amide bonds. The summed E-state index contributed by atoms with van der Waals surface area (Å²) in [6.45, 7) is 4.72. The summed E-state index contributed by atoms with van der Waals surface area (Å²) in [7, 11) is 0. The summed E-state index contributed by atoms with van der Waals surface area (Å²) >= 11 is 0. The minimum absolute atomic E-state index is 0. The third-order valence-corrected chi connectivity index (χ3v) is 1.47. The first-order chi connectivity index (χ1) is 7.43. The molecule has 0 aliphatic heterocycles. The summed E-state index contributed by atoms with van der Waals surface area (Å²) in [6.07, 6.45) is -0.464. The molecule has 98 valence electrons. The Hall–Kier alpha value is -0.525. The smallest absolute Gasteiger partial charge is 0.333 e. The average Bonchev–Trinajstić information content (AvgIpc) is 2.20. The minimum atomic E-state index is -1.06. The van der Waals surface area contributed by atoms with Gasteiger partial charge in [0.05, 0.1) is 12.8 Å².